The lowest BCUT2D eigenvalue weighted by Gasteiger charge is -2.29. The lowest BCUT2D eigenvalue weighted by atomic mass is 10.2. The van der Waals surface area contributed by atoms with Gasteiger partial charge in [-0.3, -0.25) is 4.99 Å². The lowest BCUT2D eigenvalue weighted by molar-refractivity contribution is -0.0136. The van der Waals surface area contributed by atoms with Crippen LogP contribution in [-0.4, -0.2) is 50.3 Å². The zero-order valence-corrected chi connectivity index (χ0v) is 14.3. The van der Waals surface area contributed by atoms with E-state index in [2.05, 4.69) is 29.2 Å². The normalized spacial score (nSPS) is 20.3. The summed E-state index contributed by atoms with van der Waals surface area (Å²) in [5.41, 5.74) is 8.04. The molecular weight excluding hydrogens is 367 g/mol. The number of nitrogens with zero attached hydrogens (tertiary/aromatic N) is 2. The summed E-state index contributed by atoms with van der Waals surface area (Å²) in [6.45, 7) is 5.30. The molecule has 1 unspecified atom stereocenters. The van der Waals surface area contributed by atoms with E-state index in [0.29, 0.717) is 12.5 Å². The average Bonchev–Trinajstić information content (AvgIpc) is 2.39. The Hall–Kier alpha value is -0.860. The van der Waals surface area contributed by atoms with E-state index in [0.717, 1.165) is 25.4 Å². The van der Waals surface area contributed by atoms with Crippen LogP contribution in [0.2, 0.25) is 0 Å². The minimum Gasteiger partial charge on any atom is -0.374 e. The summed E-state index contributed by atoms with van der Waals surface area (Å²) in [5.74, 6) is 0.431. The third-order valence-electron chi connectivity index (χ3n) is 3.13. The monoisotopic (exact) mass is 390 g/mol. The molecule has 0 bridgehead atoms. The van der Waals surface area contributed by atoms with E-state index in [1.807, 2.05) is 24.3 Å². The van der Waals surface area contributed by atoms with Crippen LogP contribution in [0.3, 0.4) is 0 Å². The van der Waals surface area contributed by atoms with Crippen molar-refractivity contribution in [1.29, 1.82) is 0 Å². The van der Waals surface area contributed by atoms with E-state index >= 15 is 0 Å². The molecule has 0 aliphatic carbocycles. The van der Waals surface area contributed by atoms with Gasteiger partial charge in [-0.1, -0.05) is 17.7 Å². The summed E-state index contributed by atoms with van der Waals surface area (Å²) in [5, 5.41) is 3.08. The van der Waals surface area contributed by atoms with E-state index in [1.54, 1.807) is 0 Å². The van der Waals surface area contributed by atoms with Crippen LogP contribution in [0, 0.1) is 6.92 Å². The molecule has 1 aromatic carbocycles. The Labute approximate surface area is 137 Å². The summed E-state index contributed by atoms with van der Waals surface area (Å²) < 4.78 is 5.63. The molecule has 0 saturated carbocycles. The van der Waals surface area contributed by atoms with Gasteiger partial charge in [-0.2, -0.15) is 0 Å². The molecule has 1 aliphatic rings. The van der Waals surface area contributed by atoms with Crippen molar-refractivity contribution in [2.24, 2.45) is 10.7 Å². The SMILES string of the molecule is Cc1ccc(NC(N)=NCC2CN(C)CCO2)cc1.I. The highest BCUT2D eigenvalue weighted by Gasteiger charge is 2.16. The molecule has 1 aromatic rings. The standard InChI is InChI=1S/C14H22N4O.HI/c1-11-3-5-12(6-4-11)17-14(15)16-9-13-10-18(2)7-8-19-13;/h3-6,13H,7-10H2,1-2H3,(H3,15,16,17);1H. The van der Waals surface area contributed by atoms with Crippen LogP contribution in [0.25, 0.3) is 0 Å². The minimum atomic E-state index is 0. The third-order valence-corrected chi connectivity index (χ3v) is 3.13. The fourth-order valence-electron chi connectivity index (χ4n) is 2.00. The van der Waals surface area contributed by atoms with Gasteiger partial charge in [0.15, 0.2) is 5.96 Å². The van der Waals surface area contributed by atoms with Gasteiger partial charge in [0.2, 0.25) is 0 Å². The van der Waals surface area contributed by atoms with Crippen molar-refractivity contribution in [1.82, 2.24) is 4.90 Å². The first-order chi connectivity index (χ1) is 9.13. The van der Waals surface area contributed by atoms with E-state index in [4.69, 9.17) is 10.5 Å². The zero-order valence-electron chi connectivity index (χ0n) is 12.0. The van der Waals surface area contributed by atoms with E-state index < -0.39 is 0 Å². The number of benzene rings is 1. The predicted octanol–water partition coefficient (Wildman–Crippen LogP) is 1.67. The molecule has 1 fully saturated rings. The van der Waals surface area contributed by atoms with Crippen molar-refractivity contribution >= 4 is 35.6 Å². The second kappa shape index (κ2) is 8.43. The smallest absolute Gasteiger partial charge is 0.193 e. The van der Waals surface area contributed by atoms with E-state index in [9.17, 15) is 0 Å². The Morgan fingerprint density at radius 1 is 1.45 bits per heavy atom. The number of halogens is 1. The molecule has 1 atom stereocenters. The van der Waals surface area contributed by atoms with Crippen molar-refractivity contribution in [3.8, 4) is 0 Å². The maximum atomic E-state index is 5.87. The van der Waals surface area contributed by atoms with Crippen LogP contribution in [0.15, 0.2) is 29.3 Å². The zero-order chi connectivity index (χ0) is 13.7. The topological polar surface area (TPSA) is 62.9 Å². The first-order valence-electron chi connectivity index (χ1n) is 6.57. The van der Waals surface area contributed by atoms with Crippen molar-refractivity contribution in [2.45, 2.75) is 13.0 Å². The van der Waals surface area contributed by atoms with Gasteiger partial charge in [0.25, 0.3) is 0 Å². The van der Waals surface area contributed by atoms with Gasteiger partial charge in [-0.15, -0.1) is 24.0 Å². The third kappa shape index (κ3) is 5.64. The molecule has 6 heteroatoms. The number of aryl methyl sites for hydroxylation is 1. The Morgan fingerprint density at radius 2 is 2.15 bits per heavy atom. The number of ether oxygens (including phenoxy) is 1. The maximum Gasteiger partial charge on any atom is 0.193 e. The van der Waals surface area contributed by atoms with Crippen molar-refractivity contribution in [3.63, 3.8) is 0 Å². The summed E-state index contributed by atoms with van der Waals surface area (Å²) in [6, 6.07) is 8.05. The molecule has 112 valence electrons. The van der Waals surface area contributed by atoms with Crippen LogP contribution in [0.5, 0.6) is 0 Å². The quantitative estimate of drug-likeness (QED) is 0.468. The van der Waals surface area contributed by atoms with Crippen LogP contribution in [-0.2, 0) is 4.74 Å². The highest BCUT2D eigenvalue weighted by atomic mass is 127. The number of aliphatic imine (C=N–C) groups is 1. The van der Waals surface area contributed by atoms with E-state index in [1.165, 1.54) is 5.56 Å². The highest BCUT2D eigenvalue weighted by Crippen LogP contribution is 2.08. The van der Waals surface area contributed by atoms with Gasteiger partial charge in [-0.05, 0) is 26.1 Å². The minimum absolute atomic E-state index is 0. The molecule has 3 N–H and O–H groups in total. The average molecular weight is 390 g/mol. The summed E-state index contributed by atoms with van der Waals surface area (Å²) >= 11 is 0. The van der Waals surface area contributed by atoms with E-state index in [-0.39, 0.29) is 30.1 Å². The van der Waals surface area contributed by atoms with Crippen LogP contribution in [0.1, 0.15) is 5.56 Å². The Kier molecular flexibility index (Phi) is 7.25. The van der Waals surface area contributed by atoms with Gasteiger partial charge in [-0.25, -0.2) is 0 Å². The number of rotatable bonds is 3. The molecule has 0 spiro atoms. The number of nitrogens with two attached hydrogens (primary N) is 1. The highest BCUT2D eigenvalue weighted by molar-refractivity contribution is 14.0. The first-order valence-corrected chi connectivity index (χ1v) is 6.57. The fraction of sp³-hybridized carbons (Fsp3) is 0.500. The number of morpholine rings is 1. The van der Waals surface area contributed by atoms with Gasteiger partial charge in [0.1, 0.15) is 0 Å². The predicted molar refractivity (Wildman–Crippen MR) is 93.9 cm³/mol. The molecule has 0 radical (unpaired) electrons. The number of guanidine groups is 1. The Bertz CT molecular complexity index is 435. The summed E-state index contributed by atoms with van der Waals surface area (Å²) in [6.07, 6.45) is 0.136. The van der Waals surface area contributed by atoms with Gasteiger partial charge in [0.05, 0.1) is 19.3 Å². The molecule has 5 nitrogen and oxygen atoms in total. The molecule has 2 rings (SSSR count). The first kappa shape index (κ1) is 17.2. The molecular formula is C14H23IN4O. The second-order valence-electron chi connectivity index (χ2n) is 4.97. The number of hydrogen-bond donors (Lipinski definition) is 2. The van der Waals surface area contributed by atoms with Crippen molar-refractivity contribution < 1.29 is 4.74 Å². The van der Waals surface area contributed by atoms with Crippen LogP contribution in [0.4, 0.5) is 5.69 Å². The Balaban J connectivity index is 0.00000200. The van der Waals surface area contributed by atoms with Crippen molar-refractivity contribution in [3.05, 3.63) is 29.8 Å². The fourth-order valence-corrected chi connectivity index (χ4v) is 2.00. The van der Waals surface area contributed by atoms with Gasteiger partial charge >= 0.3 is 0 Å². The van der Waals surface area contributed by atoms with Crippen LogP contribution >= 0.6 is 24.0 Å². The molecule has 20 heavy (non-hydrogen) atoms. The van der Waals surface area contributed by atoms with Gasteiger partial charge < -0.3 is 20.7 Å². The molecule has 0 aromatic heterocycles. The number of likely N-dealkylation sites (N-methyl/N-ethyl adjacent to an activating group) is 1. The summed E-state index contributed by atoms with van der Waals surface area (Å²) in [7, 11) is 2.09. The van der Waals surface area contributed by atoms with Gasteiger partial charge in [0, 0.05) is 18.8 Å². The summed E-state index contributed by atoms with van der Waals surface area (Å²) in [4.78, 5) is 6.57. The second-order valence-corrected chi connectivity index (χ2v) is 4.97. The lowest BCUT2D eigenvalue weighted by Crippen LogP contribution is -2.41. The number of nitrogens with one attached hydrogen (secondary N) is 1. The Morgan fingerprint density at radius 3 is 2.80 bits per heavy atom. The molecule has 0 amide bonds. The van der Waals surface area contributed by atoms with Crippen molar-refractivity contribution in [2.75, 3.05) is 38.6 Å². The maximum absolute atomic E-state index is 5.87. The number of anilines is 1. The van der Waals surface area contributed by atoms with Crippen LogP contribution < -0.4 is 11.1 Å². The molecule has 1 heterocycles. The molecule has 1 aliphatic heterocycles. The number of hydrogen-bond acceptors (Lipinski definition) is 3. The largest absolute Gasteiger partial charge is 0.374 e. The molecule has 1 saturated heterocycles.